The van der Waals surface area contributed by atoms with Gasteiger partial charge in [-0.15, -0.1) is 0 Å². The minimum Gasteiger partial charge on any atom is -0.505 e. The van der Waals surface area contributed by atoms with E-state index in [0.29, 0.717) is 24.1 Å². The predicted molar refractivity (Wildman–Crippen MR) is 59.2 cm³/mol. The molecule has 0 aromatic heterocycles. The second kappa shape index (κ2) is 5.12. The molecule has 0 saturated heterocycles. The molecule has 0 heterocycles. The number of para-hydroxylation sites is 1. The van der Waals surface area contributed by atoms with Crippen LogP contribution in [0.2, 0.25) is 0 Å². The highest BCUT2D eigenvalue weighted by Gasteiger charge is 2.09. The Morgan fingerprint density at radius 2 is 2.00 bits per heavy atom. The van der Waals surface area contributed by atoms with E-state index in [1.165, 1.54) is 6.07 Å². The van der Waals surface area contributed by atoms with Gasteiger partial charge in [-0.3, -0.25) is 0 Å². The molecule has 1 aromatic rings. The molecule has 1 aromatic carbocycles. The van der Waals surface area contributed by atoms with E-state index in [4.69, 9.17) is 0 Å². The van der Waals surface area contributed by atoms with E-state index in [1.54, 1.807) is 12.1 Å². The van der Waals surface area contributed by atoms with E-state index >= 15 is 0 Å². The molecule has 0 aliphatic carbocycles. The summed E-state index contributed by atoms with van der Waals surface area (Å²) in [6, 6.07) is 4.92. The molecular formula is C12H18FNO. The minimum atomic E-state index is -0.563. The molecule has 0 radical (unpaired) electrons. The molecule has 3 heteroatoms. The summed E-state index contributed by atoms with van der Waals surface area (Å²) in [4.78, 5) is 0. The summed E-state index contributed by atoms with van der Waals surface area (Å²) in [5.41, 5.74) is 0.600. The Kier molecular flexibility index (Phi) is 4.09. The maximum atomic E-state index is 13.0. The second-order valence-corrected chi connectivity index (χ2v) is 4.16. The van der Waals surface area contributed by atoms with Crippen LogP contribution >= 0.6 is 0 Å². The normalized spacial score (nSPS) is 13.1. The van der Waals surface area contributed by atoms with Gasteiger partial charge in [0, 0.05) is 18.2 Å². The molecule has 84 valence electrons. The molecule has 0 bridgehead atoms. The average molecular weight is 211 g/mol. The Morgan fingerprint density at radius 1 is 1.33 bits per heavy atom. The monoisotopic (exact) mass is 211 g/mol. The van der Waals surface area contributed by atoms with E-state index < -0.39 is 5.82 Å². The Hall–Kier alpha value is -1.09. The summed E-state index contributed by atoms with van der Waals surface area (Å²) in [5.74, 6) is -0.298. The molecule has 0 amide bonds. The van der Waals surface area contributed by atoms with E-state index in [1.807, 2.05) is 0 Å². The van der Waals surface area contributed by atoms with E-state index in [0.717, 1.165) is 0 Å². The van der Waals surface area contributed by atoms with Crippen molar-refractivity contribution in [2.45, 2.75) is 33.4 Å². The molecule has 0 spiro atoms. The molecule has 1 unspecified atom stereocenters. The highest BCUT2D eigenvalue weighted by Crippen LogP contribution is 2.20. The van der Waals surface area contributed by atoms with Crippen molar-refractivity contribution in [2.24, 2.45) is 5.92 Å². The molecule has 2 nitrogen and oxygen atoms in total. The maximum absolute atomic E-state index is 13.0. The SMILES string of the molecule is CC(C)C(C)NCc1cccc(F)c1O. The van der Waals surface area contributed by atoms with Gasteiger partial charge < -0.3 is 10.4 Å². The van der Waals surface area contributed by atoms with E-state index in [9.17, 15) is 9.50 Å². The number of hydrogen-bond donors (Lipinski definition) is 2. The molecule has 0 saturated carbocycles. The van der Waals surface area contributed by atoms with Gasteiger partial charge in [0.25, 0.3) is 0 Å². The molecule has 1 atom stereocenters. The lowest BCUT2D eigenvalue weighted by atomic mass is 10.1. The van der Waals surface area contributed by atoms with Crippen LogP contribution in [0.15, 0.2) is 18.2 Å². The third-order valence-electron chi connectivity index (χ3n) is 2.68. The van der Waals surface area contributed by atoms with Gasteiger partial charge in [0.1, 0.15) is 0 Å². The first-order valence-corrected chi connectivity index (χ1v) is 5.22. The Labute approximate surface area is 90.1 Å². The predicted octanol–water partition coefficient (Wildman–Crippen LogP) is 2.67. The van der Waals surface area contributed by atoms with Crippen molar-refractivity contribution < 1.29 is 9.50 Å². The zero-order valence-electron chi connectivity index (χ0n) is 9.42. The van der Waals surface area contributed by atoms with E-state index in [-0.39, 0.29) is 5.75 Å². The van der Waals surface area contributed by atoms with Crippen molar-refractivity contribution in [1.29, 1.82) is 0 Å². The largest absolute Gasteiger partial charge is 0.505 e. The topological polar surface area (TPSA) is 32.3 Å². The Balaban J connectivity index is 2.62. The fourth-order valence-corrected chi connectivity index (χ4v) is 1.21. The summed E-state index contributed by atoms with van der Waals surface area (Å²) in [7, 11) is 0. The number of nitrogens with one attached hydrogen (secondary N) is 1. The van der Waals surface area contributed by atoms with Crippen LogP contribution in [-0.4, -0.2) is 11.1 Å². The lowest BCUT2D eigenvalue weighted by molar-refractivity contribution is 0.402. The third kappa shape index (κ3) is 3.20. The number of halogens is 1. The molecule has 0 aliphatic heterocycles. The molecule has 2 N–H and O–H groups in total. The number of rotatable bonds is 4. The molecule has 0 fully saturated rings. The molecular weight excluding hydrogens is 193 g/mol. The Morgan fingerprint density at radius 3 is 2.60 bits per heavy atom. The smallest absolute Gasteiger partial charge is 0.165 e. The van der Waals surface area contributed by atoms with Gasteiger partial charge >= 0.3 is 0 Å². The van der Waals surface area contributed by atoms with Crippen LogP contribution in [0.4, 0.5) is 4.39 Å². The fraction of sp³-hybridized carbons (Fsp3) is 0.500. The van der Waals surface area contributed by atoms with Crippen LogP contribution in [0.5, 0.6) is 5.75 Å². The highest BCUT2D eigenvalue weighted by molar-refractivity contribution is 5.33. The molecule has 0 aliphatic rings. The second-order valence-electron chi connectivity index (χ2n) is 4.16. The number of benzene rings is 1. The summed E-state index contributed by atoms with van der Waals surface area (Å²) in [5, 5.41) is 12.7. The van der Waals surface area contributed by atoms with Gasteiger partial charge in [-0.05, 0) is 18.9 Å². The van der Waals surface area contributed by atoms with Gasteiger partial charge in [0.15, 0.2) is 11.6 Å². The minimum absolute atomic E-state index is 0.249. The summed E-state index contributed by atoms with van der Waals surface area (Å²) < 4.78 is 13.0. The maximum Gasteiger partial charge on any atom is 0.165 e. The number of aromatic hydroxyl groups is 1. The van der Waals surface area contributed by atoms with Crippen LogP contribution in [0.25, 0.3) is 0 Å². The number of phenols is 1. The van der Waals surface area contributed by atoms with Gasteiger partial charge in [0.2, 0.25) is 0 Å². The first-order chi connectivity index (χ1) is 7.02. The first-order valence-electron chi connectivity index (χ1n) is 5.22. The van der Waals surface area contributed by atoms with Crippen LogP contribution in [0.3, 0.4) is 0 Å². The third-order valence-corrected chi connectivity index (χ3v) is 2.68. The van der Waals surface area contributed by atoms with Crippen LogP contribution < -0.4 is 5.32 Å². The van der Waals surface area contributed by atoms with Crippen LogP contribution in [0, 0.1) is 11.7 Å². The zero-order chi connectivity index (χ0) is 11.4. The van der Waals surface area contributed by atoms with Crippen molar-refractivity contribution in [2.75, 3.05) is 0 Å². The standard InChI is InChI=1S/C12H18FNO/c1-8(2)9(3)14-7-10-5-4-6-11(13)12(10)15/h4-6,8-9,14-15H,7H2,1-3H3. The highest BCUT2D eigenvalue weighted by atomic mass is 19.1. The quantitative estimate of drug-likeness (QED) is 0.802. The number of hydrogen-bond acceptors (Lipinski definition) is 2. The lowest BCUT2D eigenvalue weighted by Gasteiger charge is -2.17. The van der Waals surface area contributed by atoms with Crippen molar-refractivity contribution in [3.05, 3.63) is 29.6 Å². The average Bonchev–Trinajstić information content (AvgIpc) is 2.19. The van der Waals surface area contributed by atoms with Crippen molar-refractivity contribution in [3.63, 3.8) is 0 Å². The summed E-state index contributed by atoms with van der Waals surface area (Å²) in [6.45, 7) is 6.79. The summed E-state index contributed by atoms with van der Waals surface area (Å²) >= 11 is 0. The van der Waals surface area contributed by atoms with Gasteiger partial charge in [0.05, 0.1) is 0 Å². The lowest BCUT2D eigenvalue weighted by Crippen LogP contribution is -2.30. The van der Waals surface area contributed by atoms with Crippen molar-refractivity contribution in [1.82, 2.24) is 5.32 Å². The van der Waals surface area contributed by atoms with E-state index in [2.05, 4.69) is 26.1 Å². The number of phenolic OH excluding ortho intramolecular Hbond substituents is 1. The first kappa shape index (κ1) is 12.0. The molecule has 1 rings (SSSR count). The molecule has 15 heavy (non-hydrogen) atoms. The van der Waals surface area contributed by atoms with Gasteiger partial charge in [-0.1, -0.05) is 26.0 Å². The fourth-order valence-electron chi connectivity index (χ4n) is 1.21. The van der Waals surface area contributed by atoms with Crippen LogP contribution in [-0.2, 0) is 6.54 Å². The Bertz CT molecular complexity index is 325. The van der Waals surface area contributed by atoms with Gasteiger partial charge in [-0.25, -0.2) is 4.39 Å². The van der Waals surface area contributed by atoms with Crippen molar-refractivity contribution in [3.8, 4) is 5.75 Å². The van der Waals surface area contributed by atoms with Crippen LogP contribution in [0.1, 0.15) is 26.3 Å². The van der Waals surface area contributed by atoms with Gasteiger partial charge in [-0.2, -0.15) is 0 Å². The summed E-state index contributed by atoms with van der Waals surface area (Å²) in [6.07, 6.45) is 0. The zero-order valence-corrected chi connectivity index (χ0v) is 9.42. The van der Waals surface area contributed by atoms with Crippen molar-refractivity contribution >= 4 is 0 Å².